The summed E-state index contributed by atoms with van der Waals surface area (Å²) in [6, 6.07) is 7.98. The van der Waals surface area contributed by atoms with Crippen molar-refractivity contribution < 1.29 is 9.53 Å². The zero-order valence-corrected chi connectivity index (χ0v) is 12.7. The first kappa shape index (κ1) is 16.5. The van der Waals surface area contributed by atoms with Gasteiger partial charge in [0.15, 0.2) is 0 Å². The summed E-state index contributed by atoms with van der Waals surface area (Å²) < 4.78 is 5.33. The molecule has 0 bridgehead atoms. The van der Waals surface area contributed by atoms with Crippen LogP contribution >= 0.6 is 0 Å². The fraction of sp³-hybridized carbons (Fsp3) is 0.562. The number of hydrogen-bond donors (Lipinski definition) is 2. The molecule has 0 aliphatic rings. The van der Waals surface area contributed by atoms with Crippen LogP contribution in [0.3, 0.4) is 0 Å². The zero-order chi connectivity index (χ0) is 15.0. The maximum absolute atomic E-state index is 12.0. The molecule has 0 aromatic heterocycles. The van der Waals surface area contributed by atoms with E-state index in [2.05, 4.69) is 5.32 Å². The van der Waals surface area contributed by atoms with Crippen molar-refractivity contribution in [3.63, 3.8) is 0 Å². The minimum atomic E-state index is 0.0127. The summed E-state index contributed by atoms with van der Waals surface area (Å²) in [6.07, 6.45) is 2.48. The van der Waals surface area contributed by atoms with Crippen LogP contribution in [0.5, 0.6) is 5.75 Å². The Morgan fingerprint density at radius 1 is 1.35 bits per heavy atom. The standard InChI is InChI=1S/C16H26N2O2/c1-12(7-6-10-17)16(19)18-13(2)11-14-8-4-5-9-15(14)20-3/h4-5,8-9,12-13H,6-7,10-11,17H2,1-3H3,(H,18,19). The number of carbonyl (C=O) groups is 1. The van der Waals surface area contributed by atoms with E-state index >= 15 is 0 Å². The number of rotatable bonds is 8. The van der Waals surface area contributed by atoms with Gasteiger partial charge in [0.2, 0.25) is 5.91 Å². The van der Waals surface area contributed by atoms with E-state index in [1.807, 2.05) is 38.1 Å². The Bertz CT molecular complexity index is 421. The number of methoxy groups -OCH3 is 1. The van der Waals surface area contributed by atoms with E-state index in [0.29, 0.717) is 6.54 Å². The van der Waals surface area contributed by atoms with Gasteiger partial charge in [-0.05, 0) is 44.4 Å². The van der Waals surface area contributed by atoms with Crippen LogP contribution < -0.4 is 15.8 Å². The first-order valence-corrected chi connectivity index (χ1v) is 7.20. The molecule has 112 valence electrons. The van der Waals surface area contributed by atoms with Gasteiger partial charge >= 0.3 is 0 Å². The predicted molar refractivity (Wildman–Crippen MR) is 81.8 cm³/mol. The quantitative estimate of drug-likeness (QED) is 0.765. The first-order valence-electron chi connectivity index (χ1n) is 7.20. The molecule has 0 fully saturated rings. The van der Waals surface area contributed by atoms with E-state index in [1.165, 1.54) is 0 Å². The van der Waals surface area contributed by atoms with Crippen LogP contribution in [-0.4, -0.2) is 25.6 Å². The summed E-state index contributed by atoms with van der Waals surface area (Å²) in [7, 11) is 1.66. The van der Waals surface area contributed by atoms with Crippen molar-refractivity contribution in [3.05, 3.63) is 29.8 Å². The highest BCUT2D eigenvalue weighted by Gasteiger charge is 2.15. The summed E-state index contributed by atoms with van der Waals surface area (Å²) >= 11 is 0. The molecule has 20 heavy (non-hydrogen) atoms. The molecule has 1 aromatic rings. The van der Waals surface area contributed by atoms with Crippen molar-refractivity contribution in [2.75, 3.05) is 13.7 Å². The van der Waals surface area contributed by atoms with Gasteiger partial charge in [0.1, 0.15) is 5.75 Å². The van der Waals surface area contributed by atoms with Crippen molar-refractivity contribution in [3.8, 4) is 5.75 Å². The Morgan fingerprint density at radius 3 is 2.70 bits per heavy atom. The van der Waals surface area contributed by atoms with Crippen LogP contribution in [-0.2, 0) is 11.2 Å². The molecule has 0 aliphatic heterocycles. The van der Waals surface area contributed by atoms with E-state index in [4.69, 9.17) is 10.5 Å². The van der Waals surface area contributed by atoms with Crippen LogP contribution in [0.2, 0.25) is 0 Å². The van der Waals surface area contributed by atoms with Gasteiger partial charge in [-0.15, -0.1) is 0 Å². The topological polar surface area (TPSA) is 64.3 Å². The lowest BCUT2D eigenvalue weighted by molar-refractivity contribution is -0.125. The highest BCUT2D eigenvalue weighted by molar-refractivity contribution is 5.78. The summed E-state index contributed by atoms with van der Waals surface area (Å²) in [6.45, 7) is 4.59. The molecule has 0 heterocycles. The van der Waals surface area contributed by atoms with Gasteiger partial charge in [-0.3, -0.25) is 4.79 Å². The zero-order valence-electron chi connectivity index (χ0n) is 12.7. The third kappa shape index (κ3) is 5.21. The SMILES string of the molecule is COc1ccccc1CC(C)NC(=O)C(C)CCCN. The minimum absolute atomic E-state index is 0.0127. The molecule has 0 spiro atoms. The van der Waals surface area contributed by atoms with Crippen LogP contribution in [0.15, 0.2) is 24.3 Å². The Kier molecular flexibility index (Phi) is 7.09. The van der Waals surface area contributed by atoms with E-state index in [9.17, 15) is 4.79 Å². The second-order valence-corrected chi connectivity index (χ2v) is 5.26. The third-order valence-corrected chi connectivity index (χ3v) is 3.40. The van der Waals surface area contributed by atoms with Crippen LogP contribution in [0.25, 0.3) is 0 Å². The third-order valence-electron chi connectivity index (χ3n) is 3.40. The van der Waals surface area contributed by atoms with Gasteiger partial charge in [-0.25, -0.2) is 0 Å². The molecule has 4 heteroatoms. The average Bonchev–Trinajstić information content (AvgIpc) is 2.45. The van der Waals surface area contributed by atoms with Crippen molar-refractivity contribution in [2.24, 2.45) is 11.7 Å². The lowest BCUT2D eigenvalue weighted by Gasteiger charge is -2.18. The Labute approximate surface area is 121 Å². The highest BCUT2D eigenvalue weighted by Crippen LogP contribution is 2.19. The summed E-state index contributed by atoms with van der Waals surface area (Å²) in [5, 5.41) is 3.05. The largest absolute Gasteiger partial charge is 0.496 e. The molecule has 1 aromatic carbocycles. The number of benzene rings is 1. The molecule has 0 saturated heterocycles. The lowest BCUT2D eigenvalue weighted by atomic mass is 10.0. The second-order valence-electron chi connectivity index (χ2n) is 5.26. The number of para-hydroxylation sites is 1. The van der Waals surface area contributed by atoms with Gasteiger partial charge in [0.05, 0.1) is 7.11 Å². The van der Waals surface area contributed by atoms with Crippen molar-refractivity contribution in [1.29, 1.82) is 0 Å². The molecular weight excluding hydrogens is 252 g/mol. The van der Waals surface area contributed by atoms with Gasteiger partial charge in [-0.1, -0.05) is 25.1 Å². The van der Waals surface area contributed by atoms with Gasteiger partial charge in [-0.2, -0.15) is 0 Å². The number of carbonyl (C=O) groups excluding carboxylic acids is 1. The Hall–Kier alpha value is -1.55. The summed E-state index contributed by atoms with van der Waals surface area (Å²) in [5.41, 5.74) is 6.58. The molecule has 0 aliphatic carbocycles. The molecule has 0 radical (unpaired) electrons. The monoisotopic (exact) mass is 278 g/mol. The van der Waals surface area contributed by atoms with Crippen molar-refractivity contribution >= 4 is 5.91 Å². The molecule has 1 rings (SSSR count). The maximum Gasteiger partial charge on any atom is 0.223 e. The van der Waals surface area contributed by atoms with E-state index < -0.39 is 0 Å². The van der Waals surface area contributed by atoms with Gasteiger partial charge in [0.25, 0.3) is 0 Å². The Balaban J connectivity index is 2.50. The fourth-order valence-corrected chi connectivity index (χ4v) is 2.19. The number of hydrogen-bond acceptors (Lipinski definition) is 3. The molecule has 2 atom stereocenters. The second kappa shape index (κ2) is 8.59. The maximum atomic E-state index is 12.0. The van der Waals surface area contributed by atoms with E-state index in [1.54, 1.807) is 7.11 Å². The average molecular weight is 278 g/mol. The lowest BCUT2D eigenvalue weighted by Crippen LogP contribution is -2.37. The molecule has 2 unspecified atom stereocenters. The number of ether oxygens (including phenoxy) is 1. The number of nitrogens with two attached hydrogens (primary N) is 1. The highest BCUT2D eigenvalue weighted by atomic mass is 16.5. The number of amides is 1. The molecular formula is C16H26N2O2. The van der Waals surface area contributed by atoms with Gasteiger partial charge < -0.3 is 15.8 Å². The van der Waals surface area contributed by atoms with Crippen LogP contribution in [0.1, 0.15) is 32.3 Å². The van der Waals surface area contributed by atoms with Crippen LogP contribution in [0, 0.1) is 5.92 Å². The van der Waals surface area contributed by atoms with E-state index in [0.717, 1.165) is 30.6 Å². The van der Waals surface area contributed by atoms with E-state index in [-0.39, 0.29) is 17.9 Å². The predicted octanol–water partition coefficient (Wildman–Crippen LogP) is 2.12. The van der Waals surface area contributed by atoms with Gasteiger partial charge in [0, 0.05) is 12.0 Å². The summed E-state index contributed by atoms with van der Waals surface area (Å²) in [4.78, 5) is 12.0. The first-order chi connectivity index (χ1) is 9.58. The summed E-state index contributed by atoms with van der Waals surface area (Å²) in [5.74, 6) is 0.976. The normalized spacial score (nSPS) is 13.6. The molecule has 3 N–H and O–H groups in total. The van der Waals surface area contributed by atoms with Crippen molar-refractivity contribution in [1.82, 2.24) is 5.32 Å². The molecule has 4 nitrogen and oxygen atoms in total. The minimum Gasteiger partial charge on any atom is -0.496 e. The number of nitrogens with one attached hydrogen (secondary N) is 1. The molecule has 1 amide bonds. The van der Waals surface area contributed by atoms with Crippen LogP contribution in [0.4, 0.5) is 0 Å². The Morgan fingerprint density at radius 2 is 2.05 bits per heavy atom. The smallest absolute Gasteiger partial charge is 0.223 e. The molecule has 0 saturated carbocycles. The van der Waals surface area contributed by atoms with Crippen molar-refractivity contribution in [2.45, 2.75) is 39.2 Å². The fourth-order valence-electron chi connectivity index (χ4n) is 2.19.